The second-order valence-electron chi connectivity index (χ2n) is 5.05. The van der Waals surface area contributed by atoms with Crippen LogP contribution < -0.4 is 0 Å². The molecule has 0 unspecified atom stereocenters. The van der Waals surface area contributed by atoms with E-state index < -0.39 is 0 Å². The van der Waals surface area contributed by atoms with Crippen LogP contribution >= 0.6 is 11.8 Å². The molecule has 0 spiro atoms. The Balaban J connectivity index is 1.76. The highest BCUT2D eigenvalue weighted by Crippen LogP contribution is 2.21. The van der Waals surface area contributed by atoms with E-state index in [4.69, 9.17) is 0 Å². The highest BCUT2D eigenvalue weighted by Gasteiger charge is 2.08. The number of aromatic nitrogens is 2. The molecule has 3 heteroatoms. The Morgan fingerprint density at radius 2 is 1.85 bits per heavy atom. The molecule has 0 saturated carbocycles. The maximum Gasteiger partial charge on any atom is 0.137 e. The molecule has 0 radical (unpaired) electrons. The molecule has 0 aliphatic heterocycles. The van der Waals surface area contributed by atoms with Gasteiger partial charge in [-0.2, -0.15) is 11.8 Å². The second kappa shape index (κ2) is 5.71. The van der Waals surface area contributed by atoms with Gasteiger partial charge in [-0.3, -0.25) is 0 Å². The van der Waals surface area contributed by atoms with Crippen molar-refractivity contribution in [2.24, 2.45) is 0 Å². The zero-order valence-corrected chi connectivity index (χ0v) is 12.7. The summed E-state index contributed by atoms with van der Waals surface area (Å²) >= 11 is 1.94. The normalized spacial score (nSPS) is 11.1. The molecule has 3 rings (SSSR count). The molecule has 0 aliphatic carbocycles. The SMILES string of the molecule is Cc1ccn2c(CSCc3ccccc3)c(C)nc2c1. The topological polar surface area (TPSA) is 17.3 Å². The fourth-order valence-corrected chi connectivity index (χ4v) is 3.40. The Morgan fingerprint density at radius 1 is 1.05 bits per heavy atom. The molecular weight excluding hydrogens is 264 g/mol. The van der Waals surface area contributed by atoms with Gasteiger partial charge in [0.05, 0.1) is 11.4 Å². The van der Waals surface area contributed by atoms with Gasteiger partial charge >= 0.3 is 0 Å². The lowest BCUT2D eigenvalue weighted by Gasteiger charge is -2.04. The molecule has 20 heavy (non-hydrogen) atoms. The monoisotopic (exact) mass is 282 g/mol. The third-order valence-electron chi connectivity index (χ3n) is 3.43. The molecule has 102 valence electrons. The lowest BCUT2D eigenvalue weighted by atomic mass is 10.2. The molecule has 0 amide bonds. The van der Waals surface area contributed by atoms with Crippen LogP contribution in [0.25, 0.3) is 5.65 Å². The van der Waals surface area contributed by atoms with Gasteiger partial charge in [-0.25, -0.2) is 4.98 Å². The van der Waals surface area contributed by atoms with Gasteiger partial charge in [0, 0.05) is 17.7 Å². The minimum Gasteiger partial charge on any atom is -0.303 e. The van der Waals surface area contributed by atoms with Crippen molar-refractivity contribution in [3.63, 3.8) is 0 Å². The van der Waals surface area contributed by atoms with Crippen LogP contribution in [0.4, 0.5) is 0 Å². The Kier molecular flexibility index (Phi) is 3.79. The van der Waals surface area contributed by atoms with Gasteiger partial charge in [0.15, 0.2) is 0 Å². The molecule has 2 heterocycles. The standard InChI is InChI=1S/C17H18N2S/c1-13-8-9-19-16(14(2)18-17(19)10-13)12-20-11-15-6-4-3-5-7-15/h3-10H,11-12H2,1-2H3. The van der Waals surface area contributed by atoms with Crippen molar-refractivity contribution in [3.05, 3.63) is 71.2 Å². The van der Waals surface area contributed by atoms with Crippen molar-refractivity contribution in [3.8, 4) is 0 Å². The molecule has 0 N–H and O–H groups in total. The summed E-state index contributed by atoms with van der Waals surface area (Å²) in [6.07, 6.45) is 2.13. The number of imidazole rings is 1. The van der Waals surface area contributed by atoms with Gasteiger partial charge in [0.1, 0.15) is 5.65 Å². The van der Waals surface area contributed by atoms with E-state index in [1.807, 2.05) is 11.8 Å². The molecule has 3 aromatic rings. The maximum atomic E-state index is 4.65. The van der Waals surface area contributed by atoms with E-state index >= 15 is 0 Å². The number of hydrogen-bond donors (Lipinski definition) is 0. The highest BCUT2D eigenvalue weighted by atomic mass is 32.2. The van der Waals surface area contributed by atoms with Crippen molar-refractivity contribution in [2.45, 2.75) is 25.4 Å². The number of fused-ring (bicyclic) bond motifs is 1. The molecule has 2 nitrogen and oxygen atoms in total. The molecule has 0 saturated heterocycles. The summed E-state index contributed by atoms with van der Waals surface area (Å²) in [5, 5.41) is 0. The van der Waals surface area contributed by atoms with Crippen molar-refractivity contribution in [2.75, 3.05) is 0 Å². The average Bonchev–Trinajstić information content (AvgIpc) is 2.75. The summed E-state index contributed by atoms with van der Waals surface area (Å²) in [6, 6.07) is 14.9. The second-order valence-corrected chi connectivity index (χ2v) is 6.04. The summed E-state index contributed by atoms with van der Waals surface area (Å²) < 4.78 is 2.21. The van der Waals surface area contributed by atoms with Crippen LogP contribution in [-0.4, -0.2) is 9.38 Å². The van der Waals surface area contributed by atoms with E-state index in [2.05, 4.69) is 71.9 Å². The van der Waals surface area contributed by atoms with Crippen LogP contribution in [0.3, 0.4) is 0 Å². The number of hydrogen-bond acceptors (Lipinski definition) is 2. The maximum absolute atomic E-state index is 4.65. The van der Waals surface area contributed by atoms with Crippen LogP contribution in [0.2, 0.25) is 0 Å². The number of rotatable bonds is 4. The summed E-state index contributed by atoms with van der Waals surface area (Å²) in [4.78, 5) is 4.65. The molecule has 0 bridgehead atoms. The molecule has 0 aliphatic rings. The van der Waals surface area contributed by atoms with Gasteiger partial charge < -0.3 is 4.40 Å². The molecule has 0 fully saturated rings. The fraction of sp³-hybridized carbons (Fsp3) is 0.235. The van der Waals surface area contributed by atoms with E-state index in [0.717, 1.165) is 22.8 Å². The Hall–Kier alpha value is -1.74. The first kappa shape index (κ1) is 13.3. The first-order valence-electron chi connectivity index (χ1n) is 6.80. The van der Waals surface area contributed by atoms with E-state index in [1.165, 1.54) is 16.8 Å². The third-order valence-corrected chi connectivity index (χ3v) is 4.45. The minimum atomic E-state index is 0.991. The molecule has 1 aromatic carbocycles. The smallest absolute Gasteiger partial charge is 0.137 e. The number of benzene rings is 1. The Morgan fingerprint density at radius 3 is 2.65 bits per heavy atom. The first-order chi connectivity index (χ1) is 9.74. The van der Waals surface area contributed by atoms with E-state index in [9.17, 15) is 0 Å². The van der Waals surface area contributed by atoms with E-state index in [-0.39, 0.29) is 0 Å². The number of thioether (sulfide) groups is 1. The van der Waals surface area contributed by atoms with Crippen molar-refractivity contribution in [1.29, 1.82) is 0 Å². The Labute approximate surface area is 123 Å². The van der Waals surface area contributed by atoms with Crippen LogP contribution in [0.15, 0.2) is 48.7 Å². The van der Waals surface area contributed by atoms with Crippen molar-refractivity contribution >= 4 is 17.4 Å². The van der Waals surface area contributed by atoms with Crippen molar-refractivity contribution in [1.82, 2.24) is 9.38 Å². The van der Waals surface area contributed by atoms with Crippen LogP contribution in [-0.2, 0) is 11.5 Å². The predicted molar refractivity (Wildman–Crippen MR) is 86.1 cm³/mol. The number of aryl methyl sites for hydroxylation is 2. The first-order valence-corrected chi connectivity index (χ1v) is 7.95. The third kappa shape index (κ3) is 2.73. The number of nitrogens with zero attached hydrogens (tertiary/aromatic N) is 2. The fourth-order valence-electron chi connectivity index (χ4n) is 2.33. The highest BCUT2D eigenvalue weighted by molar-refractivity contribution is 7.97. The summed E-state index contributed by atoms with van der Waals surface area (Å²) in [5.74, 6) is 2.03. The quantitative estimate of drug-likeness (QED) is 0.706. The van der Waals surface area contributed by atoms with Gasteiger partial charge in [-0.15, -0.1) is 0 Å². The van der Waals surface area contributed by atoms with Gasteiger partial charge in [0.25, 0.3) is 0 Å². The van der Waals surface area contributed by atoms with E-state index in [1.54, 1.807) is 0 Å². The van der Waals surface area contributed by atoms with Gasteiger partial charge in [-0.05, 0) is 37.1 Å². The Bertz CT molecular complexity index is 716. The van der Waals surface area contributed by atoms with Crippen LogP contribution in [0, 0.1) is 13.8 Å². The molecular formula is C17H18N2S. The van der Waals surface area contributed by atoms with Gasteiger partial charge in [-0.1, -0.05) is 30.3 Å². The lowest BCUT2D eigenvalue weighted by molar-refractivity contribution is 1.07. The summed E-state index contributed by atoms with van der Waals surface area (Å²) in [5.41, 5.74) is 6.13. The zero-order chi connectivity index (χ0) is 13.9. The predicted octanol–water partition coefficient (Wildman–Crippen LogP) is 4.38. The van der Waals surface area contributed by atoms with E-state index in [0.29, 0.717) is 0 Å². The summed E-state index contributed by atoms with van der Waals surface area (Å²) in [6.45, 7) is 4.20. The molecule has 2 aromatic heterocycles. The minimum absolute atomic E-state index is 0.991. The zero-order valence-electron chi connectivity index (χ0n) is 11.8. The molecule has 0 atom stereocenters. The van der Waals surface area contributed by atoms with Crippen molar-refractivity contribution < 1.29 is 0 Å². The summed E-state index contributed by atoms with van der Waals surface area (Å²) in [7, 11) is 0. The average molecular weight is 282 g/mol. The number of pyridine rings is 1. The van der Waals surface area contributed by atoms with Crippen LogP contribution in [0.5, 0.6) is 0 Å². The van der Waals surface area contributed by atoms with Crippen LogP contribution in [0.1, 0.15) is 22.5 Å². The van der Waals surface area contributed by atoms with Gasteiger partial charge in [0.2, 0.25) is 0 Å². The largest absolute Gasteiger partial charge is 0.303 e. The lowest BCUT2D eigenvalue weighted by Crippen LogP contribution is -1.93.